The third-order valence-electron chi connectivity index (χ3n) is 2.55. The molecule has 1 rings (SSSR count). The van der Waals surface area contributed by atoms with Crippen molar-refractivity contribution in [2.75, 3.05) is 0 Å². The van der Waals surface area contributed by atoms with Crippen LogP contribution in [0.4, 0.5) is 10.1 Å². The average molecular weight is 225 g/mol. The Morgan fingerprint density at radius 2 is 1.94 bits per heavy atom. The first-order valence-corrected chi connectivity index (χ1v) is 5.24. The second kappa shape index (κ2) is 4.20. The maximum Gasteiger partial charge on any atom is 0.275 e. The molecule has 0 N–H and O–H groups in total. The van der Waals surface area contributed by atoms with Crippen molar-refractivity contribution in [3.05, 3.63) is 39.2 Å². The van der Waals surface area contributed by atoms with Gasteiger partial charge in [-0.15, -0.1) is 0 Å². The highest BCUT2D eigenvalue weighted by atomic mass is 19.1. The highest BCUT2D eigenvalue weighted by Crippen LogP contribution is 2.30. The van der Waals surface area contributed by atoms with Gasteiger partial charge in [0.2, 0.25) is 0 Å². The number of benzene rings is 1. The maximum atomic E-state index is 13.7. The highest BCUT2D eigenvalue weighted by molar-refractivity contribution is 5.45. The molecule has 0 amide bonds. The number of nitro groups is 1. The molecule has 0 saturated carbocycles. The van der Waals surface area contributed by atoms with Crippen LogP contribution in [0.1, 0.15) is 38.8 Å². The number of aryl methyl sites for hydroxylation is 1. The number of rotatable bonds is 2. The summed E-state index contributed by atoms with van der Waals surface area (Å²) in [5.41, 5.74) is 0.627. The van der Waals surface area contributed by atoms with Gasteiger partial charge in [-0.3, -0.25) is 10.1 Å². The first-order chi connectivity index (χ1) is 7.27. The second-order valence-corrected chi connectivity index (χ2v) is 4.82. The van der Waals surface area contributed by atoms with Crippen LogP contribution in [0.3, 0.4) is 0 Å². The molecule has 0 aliphatic carbocycles. The first-order valence-electron chi connectivity index (χ1n) is 5.24. The fraction of sp³-hybridized carbons (Fsp3) is 0.500. The Morgan fingerprint density at radius 3 is 2.31 bits per heavy atom. The van der Waals surface area contributed by atoms with Gasteiger partial charge in [-0.05, 0) is 23.5 Å². The van der Waals surface area contributed by atoms with Crippen LogP contribution in [0.15, 0.2) is 12.1 Å². The Balaban J connectivity index is 3.43. The molecule has 0 aliphatic heterocycles. The molecular weight excluding hydrogens is 209 g/mol. The molecule has 0 saturated heterocycles. The van der Waals surface area contributed by atoms with E-state index < -0.39 is 10.7 Å². The van der Waals surface area contributed by atoms with Crippen molar-refractivity contribution < 1.29 is 9.31 Å². The Kier molecular flexibility index (Phi) is 3.31. The van der Waals surface area contributed by atoms with Gasteiger partial charge in [-0.1, -0.05) is 27.7 Å². The van der Waals surface area contributed by atoms with Gasteiger partial charge in [-0.2, -0.15) is 0 Å². The summed E-state index contributed by atoms with van der Waals surface area (Å²) in [6.07, 6.45) is 0.527. The molecule has 1 aromatic carbocycles. The van der Waals surface area contributed by atoms with E-state index in [9.17, 15) is 14.5 Å². The third kappa shape index (κ3) is 2.38. The molecule has 0 bridgehead atoms. The average Bonchev–Trinajstić information content (AvgIpc) is 2.15. The highest BCUT2D eigenvalue weighted by Gasteiger charge is 2.23. The largest absolute Gasteiger partial charge is 0.275 e. The molecule has 0 aromatic heterocycles. The Morgan fingerprint density at radius 1 is 1.38 bits per heavy atom. The maximum absolute atomic E-state index is 13.7. The quantitative estimate of drug-likeness (QED) is 0.570. The Bertz CT molecular complexity index is 422. The molecule has 4 heteroatoms. The van der Waals surface area contributed by atoms with Crippen molar-refractivity contribution in [3.63, 3.8) is 0 Å². The zero-order valence-corrected chi connectivity index (χ0v) is 10.0. The zero-order valence-electron chi connectivity index (χ0n) is 10.0. The monoisotopic (exact) mass is 225 g/mol. The van der Waals surface area contributed by atoms with E-state index in [1.807, 2.05) is 27.7 Å². The molecule has 0 fully saturated rings. The number of halogens is 1. The minimum Gasteiger partial charge on any atom is -0.258 e. The molecule has 16 heavy (non-hydrogen) atoms. The predicted octanol–water partition coefficient (Wildman–Crippen LogP) is 3.59. The van der Waals surface area contributed by atoms with E-state index in [1.54, 1.807) is 6.07 Å². The molecule has 0 radical (unpaired) electrons. The van der Waals surface area contributed by atoms with Crippen LogP contribution in [-0.2, 0) is 11.8 Å². The van der Waals surface area contributed by atoms with Crippen LogP contribution >= 0.6 is 0 Å². The van der Waals surface area contributed by atoms with Crippen LogP contribution in [-0.4, -0.2) is 4.92 Å². The van der Waals surface area contributed by atoms with Gasteiger partial charge >= 0.3 is 0 Å². The zero-order chi connectivity index (χ0) is 12.5. The van der Waals surface area contributed by atoms with Crippen molar-refractivity contribution in [2.45, 2.75) is 39.5 Å². The van der Waals surface area contributed by atoms with Crippen LogP contribution in [0.2, 0.25) is 0 Å². The molecule has 0 aliphatic rings. The fourth-order valence-electron chi connectivity index (χ4n) is 1.64. The number of nitrogens with zero attached hydrogens (tertiary/aromatic N) is 1. The summed E-state index contributed by atoms with van der Waals surface area (Å²) < 4.78 is 13.7. The van der Waals surface area contributed by atoms with Crippen LogP contribution in [0.5, 0.6) is 0 Å². The molecule has 88 valence electrons. The summed E-state index contributed by atoms with van der Waals surface area (Å²) in [7, 11) is 0. The van der Waals surface area contributed by atoms with Gasteiger partial charge in [0.15, 0.2) is 0 Å². The van der Waals surface area contributed by atoms with E-state index in [-0.39, 0.29) is 11.1 Å². The smallest absolute Gasteiger partial charge is 0.258 e. The molecule has 1 aromatic rings. The van der Waals surface area contributed by atoms with Gasteiger partial charge in [0.05, 0.1) is 11.0 Å². The van der Waals surface area contributed by atoms with Gasteiger partial charge in [0, 0.05) is 5.56 Å². The predicted molar refractivity (Wildman–Crippen MR) is 61.1 cm³/mol. The lowest BCUT2D eigenvalue weighted by Crippen LogP contribution is -2.14. The van der Waals surface area contributed by atoms with E-state index in [1.165, 1.54) is 0 Å². The summed E-state index contributed by atoms with van der Waals surface area (Å²) in [5, 5.41) is 10.7. The van der Waals surface area contributed by atoms with Gasteiger partial charge in [0.1, 0.15) is 5.82 Å². The summed E-state index contributed by atoms with van der Waals surface area (Å²) >= 11 is 0. The second-order valence-electron chi connectivity index (χ2n) is 4.82. The standard InChI is InChI=1S/C12H16FNO2/c1-5-8-6-9(12(2,3)4)10(13)7-11(8)14(15)16/h6-7H,5H2,1-4H3. The Labute approximate surface area is 94.4 Å². The van der Waals surface area contributed by atoms with Gasteiger partial charge < -0.3 is 0 Å². The Hall–Kier alpha value is -1.45. The molecule has 0 heterocycles. The normalized spacial score (nSPS) is 11.6. The lowest BCUT2D eigenvalue weighted by molar-refractivity contribution is -0.385. The van der Waals surface area contributed by atoms with Crippen LogP contribution in [0, 0.1) is 15.9 Å². The minimum atomic E-state index is -0.533. The summed E-state index contributed by atoms with van der Waals surface area (Å²) in [5.74, 6) is -0.503. The fourth-order valence-corrected chi connectivity index (χ4v) is 1.64. The SMILES string of the molecule is CCc1cc(C(C)(C)C)c(F)cc1[N+](=O)[O-]. The lowest BCUT2D eigenvalue weighted by atomic mass is 9.85. The minimum absolute atomic E-state index is 0.131. The van der Waals surface area contributed by atoms with Crippen molar-refractivity contribution in [2.24, 2.45) is 0 Å². The number of nitro benzene ring substituents is 1. The van der Waals surface area contributed by atoms with E-state index in [0.29, 0.717) is 17.5 Å². The summed E-state index contributed by atoms with van der Waals surface area (Å²) in [6.45, 7) is 7.48. The van der Waals surface area contributed by atoms with Crippen molar-refractivity contribution in [3.8, 4) is 0 Å². The van der Waals surface area contributed by atoms with Crippen molar-refractivity contribution in [1.82, 2.24) is 0 Å². The van der Waals surface area contributed by atoms with Crippen LogP contribution in [0.25, 0.3) is 0 Å². The van der Waals surface area contributed by atoms with E-state index in [0.717, 1.165) is 6.07 Å². The van der Waals surface area contributed by atoms with Gasteiger partial charge in [0.25, 0.3) is 5.69 Å². The topological polar surface area (TPSA) is 43.1 Å². The van der Waals surface area contributed by atoms with E-state index >= 15 is 0 Å². The molecule has 0 atom stereocenters. The first kappa shape index (κ1) is 12.6. The number of hydrogen-bond donors (Lipinski definition) is 0. The van der Waals surface area contributed by atoms with Gasteiger partial charge in [-0.25, -0.2) is 4.39 Å². The van der Waals surface area contributed by atoms with Crippen LogP contribution < -0.4 is 0 Å². The lowest BCUT2D eigenvalue weighted by Gasteiger charge is -2.20. The van der Waals surface area contributed by atoms with E-state index in [4.69, 9.17) is 0 Å². The molecule has 0 unspecified atom stereocenters. The summed E-state index contributed by atoms with van der Waals surface area (Å²) in [4.78, 5) is 10.2. The van der Waals surface area contributed by atoms with Crippen molar-refractivity contribution >= 4 is 5.69 Å². The molecular formula is C12H16FNO2. The third-order valence-corrected chi connectivity index (χ3v) is 2.55. The molecule has 0 spiro atoms. The summed E-state index contributed by atoms with van der Waals surface area (Å²) in [6, 6.07) is 2.63. The van der Waals surface area contributed by atoms with Crippen molar-refractivity contribution in [1.29, 1.82) is 0 Å². The molecule has 3 nitrogen and oxygen atoms in total. The van der Waals surface area contributed by atoms with E-state index in [2.05, 4.69) is 0 Å². The number of hydrogen-bond acceptors (Lipinski definition) is 2.